The van der Waals surface area contributed by atoms with E-state index in [1.807, 2.05) is 26.2 Å². The molecule has 8 nitrogen and oxygen atoms in total. The van der Waals surface area contributed by atoms with Crippen molar-refractivity contribution in [3.8, 4) is 0 Å². The van der Waals surface area contributed by atoms with Gasteiger partial charge in [0.25, 0.3) is 11.8 Å². The van der Waals surface area contributed by atoms with Crippen LogP contribution in [0.4, 0.5) is 5.69 Å². The first-order valence-corrected chi connectivity index (χ1v) is 8.86. The number of carbonyl (C=O) groups excluding carboxylic acids is 2. The molecular formula is C19H21N5O3. The number of likely N-dealkylation sites (tertiary alicyclic amines) is 1. The summed E-state index contributed by atoms with van der Waals surface area (Å²) < 4.78 is 1.80. The van der Waals surface area contributed by atoms with E-state index in [9.17, 15) is 9.59 Å². The largest absolute Gasteiger partial charge is 0.386 e. The van der Waals surface area contributed by atoms with E-state index in [0.29, 0.717) is 43.0 Å². The van der Waals surface area contributed by atoms with Gasteiger partial charge in [0.05, 0.1) is 17.9 Å². The molecule has 27 heavy (non-hydrogen) atoms. The summed E-state index contributed by atoms with van der Waals surface area (Å²) >= 11 is 0. The summed E-state index contributed by atoms with van der Waals surface area (Å²) in [7, 11) is 1.84. The van der Waals surface area contributed by atoms with E-state index in [2.05, 4.69) is 15.5 Å². The molecule has 2 aliphatic heterocycles. The van der Waals surface area contributed by atoms with Crippen LogP contribution in [0.1, 0.15) is 29.0 Å². The minimum absolute atomic E-state index is 0.0353. The number of pyridine rings is 1. The van der Waals surface area contributed by atoms with Crippen LogP contribution in [-0.4, -0.2) is 50.7 Å². The fraction of sp³-hybridized carbons (Fsp3) is 0.368. The van der Waals surface area contributed by atoms with Gasteiger partial charge in [-0.3, -0.25) is 14.6 Å². The molecule has 2 aromatic heterocycles. The number of nitrogens with one attached hydrogen (secondary N) is 1. The fourth-order valence-electron chi connectivity index (χ4n) is 3.54. The van der Waals surface area contributed by atoms with Gasteiger partial charge in [-0.2, -0.15) is 0 Å². The highest BCUT2D eigenvalue weighted by molar-refractivity contribution is 6.43. The third kappa shape index (κ3) is 3.18. The summed E-state index contributed by atoms with van der Waals surface area (Å²) in [5, 5.41) is 6.84. The average Bonchev–Trinajstić information content (AvgIpc) is 3.38. The van der Waals surface area contributed by atoms with Gasteiger partial charge >= 0.3 is 0 Å². The highest BCUT2D eigenvalue weighted by Gasteiger charge is 2.48. The van der Waals surface area contributed by atoms with Crippen molar-refractivity contribution >= 4 is 23.2 Å². The maximum atomic E-state index is 12.7. The number of oxime groups is 1. The number of aryl methyl sites for hydroxylation is 2. The zero-order valence-corrected chi connectivity index (χ0v) is 15.3. The van der Waals surface area contributed by atoms with E-state index in [-0.39, 0.29) is 11.8 Å². The predicted molar refractivity (Wildman–Crippen MR) is 99.4 cm³/mol. The molecule has 2 aromatic rings. The maximum absolute atomic E-state index is 12.7. The van der Waals surface area contributed by atoms with Crippen LogP contribution in [0.5, 0.6) is 0 Å². The molecule has 0 saturated carbocycles. The normalized spacial score (nSPS) is 21.3. The van der Waals surface area contributed by atoms with Crippen LogP contribution in [0.25, 0.3) is 0 Å². The molecule has 1 spiro atoms. The number of hydrogen-bond acceptors (Lipinski definition) is 5. The van der Waals surface area contributed by atoms with Crippen molar-refractivity contribution in [2.45, 2.75) is 25.4 Å². The summed E-state index contributed by atoms with van der Waals surface area (Å²) in [5.74, 6) is -0.331. The predicted octanol–water partition coefficient (Wildman–Crippen LogP) is 1.73. The van der Waals surface area contributed by atoms with Crippen LogP contribution in [0.15, 0.2) is 41.8 Å². The van der Waals surface area contributed by atoms with Crippen molar-refractivity contribution in [2.75, 3.05) is 18.4 Å². The zero-order chi connectivity index (χ0) is 19.0. The third-order valence-electron chi connectivity index (χ3n) is 5.12. The molecule has 0 bridgehead atoms. The maximum Gasteiger partial charge on any atom is 0.273 e. The minimum Gasteiger partial charge on any atom is -0.386 e. The average molecular weight is 367 g/mol. The highest BCUT2D eigenvalue weighted by atomic mass is 16.7. The first-order valence-electron chi connectivity index (χ1n) is 8.86. The lowest BCUT2D eigenvalue weighted by Crippen LogP contribution is -2.38. The molecule has 2 aliphatic rings. The van der Waals surface area contributed by atoms with Gasteiger partial charge in [-0.15, -0.1) is 0 Å². The van der Waals surface area contributed by atoms with Gasteiger partial charge in [0, 0.05) is 38.8 Å². The zero-order valence-electron chi connectivity index (χ0n) is 15.3. The highest BCUT2D eigenvalue weighted by Crippen LogP contribution is 2.34. The Bertz CT molecular complexity index is 935. The lowest BCUT2D eigenvalue weighted by molar-refractivity contribution is -0.110. The van der Waals surface area contributed by atoms with Crippen molar-refractivity contribution in [1.29, 1.82) is 0 Å². The van der Waals surface area contributed by atoms with Gasteiger partial charge in [-0.05, 0) is 31.2 Å². The molecule has 1 atom stereocenters. The molecule has 0 unspecified atom stereocenters. The second kappa shape index (κ2) is 6.53. The molecule has 1 fully saturated rings. The van der Waals surface area contributed by atoms with Crippen LogP contribution < -0.4 is 5.32 Å². The number of nitrogens with zero attached hydrogens (tertiary/aromatic N) is 4. The van der Waals surface area contributed by atoms with Crippen LogP contribution in [-0.2, 0) is 16.7 Å². The number of amides is 2. The molecule has 8 heteroatoms. The van der Waals surface area contributed by atoms with E-state index >= 15 is 0 Å². The van der Waals surface area contributed by atoms with Gasteiger partial charge < -0.3 is 19.6 Å². The van der Waals surface area contributed by atoms with Crippen molar-refractivity contribution in [3.63, 3.8) is 0 Å². The Balaban J connectivity index is 1.40. The van der Waals surface area contributed by atoms with Crippen molar-refractivity contribution in [3.05, 3.63) is 48.0 Å². The smallest absolute Gasteiger partial charge is 0.273 e. The van der Waals surface area contributed by atoms with Gasteiger partial charge in [-0.1, -0.05) is 5.16 Å². The van der Waals surface area contributed by atoms with E-state index in [1.54, 1.807) is 33.9 Å². The molecule has 0 aliphatic carbocycles. The Morgan fingerprint density at radius 2 is 2.15 bits per heavy atom. The first kappa shape index (κ1) is 17.3. The molecule has 4 rings (SSSR count). The van der Waals surface area contributed by atoms with Gasteiger partial charge in [0.15, 0.2) is 5.60 Å². The summed E-state index contributed by atoms with van der Waals surface area (Å²) in [4.78, 5) is 36.8. The Labute approximate surface area is 156 Å². The summed E-state index contributed by atoms with van der Waals surface area (Å²) in [6.07, 6.45) is 4.55. The van der Waals surface area contributed by atoms with Crippen molar-refractivity contribution in [2.24, 2.45) is 12.2 Å². The number of carbonyl (C=O) groups is 2. The minimum atomic E-state index is -0.614. The van der Waals surface area contributed by atoms with Crippen LogP contribution in [0.2, 0.25) is 0 Å². The Morgan fingerprint density at radius 3 is 2.89 bits per heavy atom. The lowest BCUT2D eigenvalue weighted by Gasteiger charge is -2.21. The molecule has 0 radical (unpaired) electrons. The Morgan fingerprint density at radius 1 is 1.30 bits per heavy atom. The molecular weight excluding hydrogens is 346 g/mol. The standard InChI is InChI=1S/C19H21N5O3/c1-13-14(5-3-8-20-13)21-17(25)15-11-19(27-22-15)7-10-24(12-19)18(26)16-6-4-9-23(16)2/h3-6,8-9H,7,10-12H2,1-2H3,(H,21,25)/t19-/m1/s1. The number of rotatable bonds is 3. The summed E-state index contributed by atoms with van der Waals surface area (Å²) in [5.41, 5.74) is 1.75. The van der Waals surface area contributed by atoms with Gasteiger partial charge in [0.1, 0.15) is 11.4 Å². The van der Waals surface area contributed by atoms with Crippen molar-refractivity contribution in [1.82, 2.24) is 14.5 Å². The van der Waals surface area contributed by atoms with Gasteiger partial charge in [0.2, 0.25) is 0 Å². The van der Waals surface area contributed by atoms with E-state index < -0.39 is 5.60 Å². The Hall–Kier alpha value is -3.16. The number of anilines is 1. The second-order valence-electron chi connectivity index (χ2n) is 7.06. The van der Waals surface area contributed by atoms with E-state index in [4.69, 9.17) is 4.84 Å². The summed E-state index contributed by atoms with van der Waals surface area (Å²) in [6, 6.07) is 7.20. The third-order valence-corrected chi connectivity index (χ3v) is 5.12. The topological polar surface area (TPSA) is 88.8 Å². The van der Waals surface area contributed by atoms with Crippen LogP contribution in [0, 0.1) is 6.92 Å². The van der Waals surface area contributed by atoms with E-state index in [1.165, 1.54) is 0 Å². The molecule has 1 N–H and O–H groups in total. The molecule has 140 valence electrons. The number of aromatic nitrogens is 2. The first-order chi connectivity index (χ1) is 13.0. The van der Waals surface area contributed by atoms with E-state index in [0.717, 1.165) is 5.69 Å². The molecule has 4 heterocycles. The van der Waals surface area contributed by atoms with Crippen LogP contribution in [0.3, 0.4) is 0 Å². The molecule has 2 amide bonds. The lowest BCUT2D eigenvalue weighted by atomic mass is 9.96. The second-order valence-corrected chi connectivity index (χ2v) is 7.06. The monoisotopic (exact) mass is 367 g/mol. The molecule has 0 aromatic carbocycles. The summed E-state index contributed by atoms with van der Waals surface area (Å²) in [6.45, 7) is 2.83. The van der Waals surface area contributed by atoms with Gasteiger partial charge in [-0.25, -0.2) is 0 Å². The fourth-order valence-corrected chi connectivity index (χ4v) is 3.54. The number of hydrogen-bond donors (Lipinski definition) is 1. The quantitative estimate of drug-likeness (QED) is 0.895. The molecule has 1 saturated heterocycles. The van der Waals surface area contributed by atoms with Crippen molar-refractivity contribution < 1.29 is 14.4 Å². The SMILES string of the molecule is Cc1ncccc1NC(=O)C1=NO[C@]2(CCN(C(=O)c3cccn3C)C2)C1. The Kier molecular flexibility index (Phi) is 4.18. The van der Waals surface area contributed by atoms with Crippen LogP contribution >= 0.6 is 0 Å².